The van der Waals surface area contributed by atoms with Gasteiger partial charge in [-0.05, 0) is 30.7 Å². The minimum atomic E-state index is -3.76. The van der Waals surface area contributed by atoms with E-state index < -0.39 is 33.6 Å². The monoisotopic (exact) mass is 368 g/mol. The van der Waals surface area contributed by atoms with Crippen LogP contribution in [0.4, 0.5) is 20.2 Å². The first-order valence-electron chi connectivity index (χ1n) is 7.54. The van der Waals surface area contributed by atoms with Crippen molar-refractivity contribution < 1.29 is 22.0 Å². The highest BCUT2D eigenvalue weighted by Gasteiger charge is 2.31. The number of rotatable bonds is 6. The van der Waals surface area contributed by atoms with Gasteiger partial charge in [-0.1, -0.05) is 25.1 Å². The van der Waals surface area contributed by atoms with Crippen LogP contribution < -0.4 is 9.62 Å². The van der Waals surface area contributed by atoms with Gasteiger partial charge < -0.3 is 5.32 Å². The molecule has 0 aliphatic carbocycles. The van der Waals surface area contributed by atoms with Crippen LogP contribution in [-0.2, 0) is 14.8 Å². The predicted octanol–water partition coefficient (Wildman–Crippen LogP) is 3.15. The minimum absolute atomic E-state index is 0.163. The maximum atomic E-state index is 13.7. The summed E-state index contributed by atoms with van der Waals surface area (Å²) >= 11 is 0. The summed E-state index contributed by atoms with van der Waals surface area (Å²) in [7, 11) is -3.76. The first kappa shape index (κ1) is 18.9. The molecule has 0 unspecified atom stereocenters. The van der Waals surface area contributed by atoms with E-state index in [1.54, 1.807) is 37.3 Å². The van der Waals surface area contributed by atoms with E-state index in [2.05, 4.69) is 5.32 Å². The number of hydrogen-bond acceptors (Lipinski definition) is 3. The Morgan fingerprint density at radius 2 is 1.80 bits per heavy atom. The normalized spacial score (nSPS) is 12.5. The second-order valence-electron chi connectivity index (χ2n) is 5.43. The van der Waals surface area contributed by atoms with Gasteiger partial charge in [-0.25, -0.2) is 17.2 Å². The van der Waals surface area contributed by atoms with Gasteiger partial charge in [-0.2, -0.15) is 0 Å². The highest BCUT2D eigenvalue weighted by molar-refractivity contribution is 7.92. The van der Waals surface area contributed by atoms with Crippen LogP contribution in [0.1, 0.15) is 13.3 Å². The van der Waals surface area contributed by atoms with Crippen LogP contribution in [0.25, 0.3) is 0 Å². The predicted molar refractivity (Wildman–Crippen MR) is 92.8 cm³/mol. The molecule has 5 nitrogen and oxygen atoms in total. The van der Waals surface area contributed by atoms with Gasteiger partial charge in [0, 0.05) is 6.07 Å². The number of nitrogens with one attached hydrogen (secondary N) is 1. The van der Waals surface area contributed by atoms with Crippen molar-refractivity contribution in [3.8, 4) is 0 Å². The summed E-state index contributed by atoms with van der Waals surface area (Å²) in [5.74, 6) is -2.42. The fraction of sp³-hybridized carbons (Fsp3) is 0.235. The number of amides is 1. The topological polar surface area (TPSA) is 66.5 Å². The minimum Gasteiger partial charge on any atom is -0.322 e. The molecule has 0 spiro atoms. The third-order valence-electron chi connectivity index (χ3n) is 3.53. The zero-order valence-corrected chi connectivity index (χ0v) is 14.6. The van der Waals surface area contributed by atoms with Crippen molar-refractivity contribution in [2.24, 2.45) is 0 Å². The zero-order chi connectivity index (χ0) is 18.6. The number of anilines is 2. The molecule has 8 heteroatoms. The molecule has 0 fully saturated rings. The van der Waals surface area contributed by atoms with Gasteiger partial charge in [0.1, 0.15) is 17.7 Å². The van der Waals surface area contributed by atoms with Crippen LogP contribution in [0.3, 0.4) is 0 Å². The Kier molecular flexibility index (Phi) is 5.73. The molecule has 0 radical (unpaired) electrons. The summed E-state index contributed by atoms with van der Waals surface area (Å²) in [6, 6.07) is 9.80. The lowest BCUT2D eigenvalue weighted by atomic mass is 10.1. The van der Waals surface area contributed by atoms with Gasteiger partial charge in [0.2, 0.25) is 15.9 Å². The fourth-order valence-electron chi connectivity index (χ4n) is 2.44. The Morgan fingerprint density at radius 1 is 1.16 bits per heavy atom. The molecule has 0 aliphatic rings. The Labute approximate surface area is 145 Å². The van der Waals surface area contributed by atoms with Gasteiger partial charge in [-0.3, -0.25) is 9.10 Å². The van der Waals surface area contributed by atoms with E-state index in [0.29, 0.717) is 11.8 Å². The van der Waals surface area contributed by atoms with Gasteiger partial charge in [-0.15, -0.1) is 0 Å². The van der Waals surface area contributed by atoms with Crippen molar-refractivity contribution in [1.82, 2.24) is 0 Å². The van der Waals surface area contributed by atoms with Crippen LogP contribution in [0, 0.1) is 11.6 Å². The lowest BCUT2D eigenvalue weighted by Crippen LogP contribution is -2.47. The largest absolute Gasteiger partial charge is 0.322 e. The molecule has 2 aromatic carbocycles. The molecule has 2 rings (SSSR count). The van der Waals surface area contributed by atoms with E-state index in [0.717, 1.165) is 22.7 Å². The van der Waals surface area contributed by atoms with Crippen molar-refractivity contribution in [1.29, 1.82) is 0 Å². The highest BCUT2D eigenvalue weighted by Crippen LogP contribution is 2.23. The quantitative estimate of drug-likeness (QED) is 0.852. The molecule has 25 heavy (non-hydrogen) atoms. The molecule has 0 bridgehead atoms. The lowest BCUT2D eigenvalue weighted by molar-refractivity contribution is -0.117. The Balaban J connectivity index is 2.36. The summed E-state index contributed by atoms with van der Waals surface area (Å²) in [5, 5.41) is 2.32. The zero-order valence-electron chi connectivity index (χ0n) is 13.7. The van der Waals surface area contributed by atoms with Crippen LogP contribution in [0.2, 0.25) is 0 Å². The van der Waals surface area contributed by atoms with Crippen LogP contribution >= 0.6 is 0 Å². The number of sulfonamides is 1. The molecule has 0 saturated heterocycles. The van der Waals surface area contributed by atoms with Crippen LogP contribution in [0.15, 0.2) is 48.5 Å². The number of halogens is 2. The molecular weight excluding hydrogens is 350 g/mol. The Hall–Kier alpha value is -2.48. The number of hydrogen-bond donors (Lipinski definition) is 1. The third kappa shape index (κ3) is 4.54. The second kappa shape index (κ2) is 7.60. The van der Waals surface area contributed by atoms with E-state index in [-0.39, 0.29) is 12.1 Å². The molecule has 0 aliphatic heterocycles. The molecular formula is C17H18F2N2O3S. The number of para-hydroxylation sites is 1. The smallest absolute Gasteiger partial charge is 0.248 e. The standard InChI is InChI=1S/C17H18F2N2O3S/c1-3-16(17(22)20-15-10-9-12(18)11-14(15)19)21(25(2,23)24)13-7-5-4-6-8-13/h4-11,16H,3H2,1-2H3,(H,20,22)/t16-/m0/s1. The number of carbonyl (C=O) groups is 1. The maximum Gasteiger partial charge on any atom is 0.248 e. The number of carbonyl (C=O) groups excluding carboxylic acids is 1. The van der Waals surface area contributed by atoms with Crippen LogP contribution in [-0.4, -0.2) is 26.6 Å². The second-order valence-corrected chi connectivity index (χ2v) is 7.29. The molecule has 134 valence electrons. The van der Waals surface area contributed by atoms with Gasteiger partial charge in [0.25, 0.3) is 0 Å². The molecule has 2 aromatic rings. The van der Waals surface area contributed by atoms with E-state index >= 15 is 0 Å². The van der Waals surface area contributed by atoms with Gasteiger partial charge >= 0.3 is 0 Å². The Bertz CT molecular complexity index is 857. The molecule has 0 saturated carbocycles. The van der Waals surface area contributed by atoms with E-state index in [9.17, 15) is 22.0 Å². The van der Waals surface area contributed by atoms with Gasteiger partial charge in [0.05, 0.1) is 17.6 Å². The molecule has 1 N–H and O–H groups in total. The van der Waals surface area contributed by atoms with E-state index in [1.165, 1.54) is 0 Å². The molecule has 0 aromatic heterocycles. The summed E-state index contributed by atoms with van der Waals surface area (Å²) < 4.78 is 52.2. The van der Waals surface area contributed by atoms with Crippen molar-refractivity contribution in [2.45, 2.75) is 19.4 Å². The number of benzene rings is 2. The Morgan fingerprint density at radius 3 is 2.32 bits per heavy atom. The SMILES string of the molecule is CC[C@@H](C(=O)Nc1ccc(F)cc1F)N(c1ccccc1)S(C)(=O)=O. The van der Waals surface area contributed by atoms with Crippen molar-refractivity contribution in [3.05, 3.63) is 60.2 Å². The third-order valence-corrected chi connectivity index (χ3v) is 4.71. The fourth-order valence-corrected chi connectivity index (χ4v) is 3.65. The van der Waals surface area contributed by atoms with Crippen LogP contribution in [0.5, 0.6) is 0 Å². The average Bonchev–Trinajstić information content (AvgIpc) is 2.54. The first-order chi connectivity index (χ1) is 11.7. The summed E-state index contributed by atoms with van der Waals surface area (Å²) in [6.07, 6.45) is 1.16. The summed E-state index contributed by atoms with van der Waals surface area (Å²) in [4.78, 5) is 12.6. The molecule has 0 heterocycles. The maximum absolute atomic E-state index is 13.7. The van der Waals surface area contributed by atoms with E-state index in [1.807, 2.05) is 0 Å². The average molecular weight is 368 g/mol. The van der Waals surface area contributed by atoms with Crippen molar-refractivity contribution >= 4 is 27.3 Å². The highest BCUT2D eigenvalue weighted by atomic mass is 32.2. The lowest BCUT2D eigenvalue weighted by Gasteiger charge is -2.30. The molecule has 1 amide bonds. The summed E-state index contributed by atoms with van der Waals surface area (Å²) in [6.45, 7) is 1.65. The van der Waals surface area contributed by atoms with Crippen molar-refractivity contribution in [3.63, 3.8) is 0 Å². The van der Waals surface area contributed by atoms with Gasteiger partial charge in [0.15, 0.2) is 0 Å². The first-order valence-corrected chi connectivity index (χ1v) is 9.39. The van der Waals surface area contributed by atoms with Crippen molar-refractivity contribution in [2.75, 3.05) is 15.9 Å². The molecule has 1 atom stereocenters. The number of nitrogens with zero attached hydrogens (tertiary/aromatic N) is 1. The summed E-state index contributed by atoms with van der Waals surface area (Å²) in [5.41, 5.74) is 0.109. The van der Waals surface area contributed by atoms with E-state index in [4.69, 9.17) is 0 Å².